The second-order valence-corrected chi connectivity index (χ2v) is 9.84. The molecule has 0 spiro atoms. The van der Waals surface area contributed by atoms with E-state index < -0.39 is 9.84 Å². The first-order valence-electron chi connectivity index (χ1n) is 11.0. The molecule has 35 heavy (non-hydrogen) atoms. The lowest BCUT2D eigenvalue weighted by atomic mass is 10.1. The molecule has 0 unspecified atom stereocenters. The first-order valence-corrected chi connectivity index (χ1v) is 12.5. The fourth-order valence-electron chi connectivity index (χ4n) is 3.76. The van der Waals surface area contributed by atoms with E-state index >= 15 is 0 Å². The van der Waals surface area contributed by atoms with Crippen LogP contribution in [0.4, 0.5) is 5.88 Å². The van der Waals surface area contributed by atoms with Gasteiger partial charge in [0.1, 0.15) is 19.0 Å². The Morgan fingerprint density at radius 2 is 1.71 bits per heavy atom. The van der Waals surface area contributed by atoms with Gasteiger partial charge in [0.25, 0.3) is 0 Å². The van der Waals surface area contributed by atoms with E-state index in [1.54, 1.807) is 13.2 Å². The molecule has 0 radical (unpaired) electrons. The van der Waals surface area contributed by atoms with Gasteiger partial charge in [0.15, 0.2) is 11.5 Å². The minimum absolute atomic E-state index is 0.0406. The van der Waals surface area contributed by atoms with E-state index in [9.17, 15) is 8.42 Å². The van der Waals surface area contributed by atoms with Crippen LogP contribution in [0.3, 0.4) is 0 Å². The van der Waals surface area contributed by atoms with E-state index in [1.807, 2.05) is 55.5 Å². The zero-order valence-corrected chi connectivity index (χ0v) is 20.1. The molecular weight excluding hydrogens is 468 g/mol. The molecule has 1 aliphatic rings. The zero-order valence-electron chi connectivity index (χ0n) is 19.3. The van der Waals surface area contributed by atoms with Crippen molar-refractivity contribution in [1.29, 1.82) is 0 Å². The van der Waals surface area contributed by atoms with Crippen molar-refractivity contribution >= 4 is 15.7 Å². The summed E-state index contributed by atoms with van der Waals surface area (Å²) < 4.78 is 49.7. The van der Waals surface area contributed by atoms with Gasteiger partial charge < -0.3 is 23.9 Å². The van der Waals surface area contributed by atoms with Gasteiger partial charge in [-0.1, -0.05) is 30.3 Å². The number of aryl methyl sites for hydroxylation is 1. The molecule has 0 saturated carbocycles. The molecule has 4 aromatic rings. The van der Waals surface area contributed by atoms with Crippen LogP contribution in [-0.2, 0) is 16.4 Å². The molecule has 1 N–H and O–H groups in total. The number of benzene rings is 3. The largest absolute Gasteiger partial charge is 0.497 e. The Hall–Kier alpha value is -3.98. The third-order valence-electron chi connectivity index (χ3n) is 5.66. The lowest BCUT2D eigenvalue weighted by Crippen LogP contribution is -2.16. The van der Waals surface area contributed by atoms with Crippen LogP contribution in [0, 0.1) is 6.92 Å². The molecule has 0 aliphatic carbocycles. The molecular formula is C26H24N2O6S. The first kappa shape index (κ1) is 22.8. The van der Waals surface area contributed by atoms with Gasteiger partial charge in [-0.15, -0.1) is 0 Å². The second kappa shape index (κ2) is 9.34. The minimum atomic E-state index is -4.04. The summed E-state index contributed by atoms with van der Waals surface area (Å²) in [5, 5.41) is 2.92. The van der Waals surface area contributed by atoms with Gasteiger partial charge in [0, 0.05) is 18.2 Å². The number of hydrogen-bond acceptors (Lipinski definition) is 8. The Kier molecular flexibility index (Phi) is 6.08. The van der Waals surface area contributed by atoms with Crippen molar-refractivity contribution in [3.8, 4) is 28.7 Å². The monoisotopic (exact) mass is 492 g/mol. The van der Waals surface area contributed by atoms with Gasteiger partial charge in [-0.3, -0.25) is 0 Å². The highest BCUT2D eigenvalue weighted by Gasteiger charge is 2.30. The summed E-state index contributed by atoms with van der Waals surface area (Å²) in [6.07, 6.45) is 0. The number of methoxy groups -OCH3 is 1. The number of oxazole rings is 1. The predicted molar refractivity (Wildman–Crippen MR) is 130 cm³/mol. The molecule has 9 heteroatoms. The molecule has 0 atom stereocenters. The first-order chi connectivity index (χ1) is 17.0. The molecule has 5 rings (SSSR count). The van der Waals surface area contributed by atoms with Crippen LogP contribution >= 0.6 is 0 Å². The summed E-state index contributed by atoms with van der Waals surface area (Å²) in [4.78, 5) is 4.47. The molecule has 1 aliphatic heterocycles. The Morgan fingerprint density at radius 1 is 0.971 bits per heavy atom. The summed E-state index contributed by atoms with van der Waals surface area (Å²) in [6, 6.07) is 19.5. The lowest BCUT2D eigenvalue weighted by molar-refractivity contribution is 0.171. The average Bonchev–Trinajstić information content (AvgIpc) is 3.32. The Bertz CT molecular complexity index is 1460. The molecule has 3 aromatic carbocycles. The van der Waals surface area contributed by atoms with Crippen molar-refractivity contribution in [2.45, 2.75) is 23.4 Å². The van der Waals surface area contributed by atoms with E-state index in [4.69, 9.17) is 18.6 Å². The van der Waals surface area contributed by atoms with E-state index in [-0.39, 0.29) is 21.7 Å². The smallest absolute Gasteiger partial charge is 0.234 e. The fourth-order valence-corrected chi connectivity index (χ4v) is 5.05. The third-order valence-corrected chi connectivity index (χ3v) is 7.32. The van der Waals surface area contributed by atoms with Crippen LogP contribution in [0.25, 0.3) is 11.5 Å². The van der Waals surface area contributed by atoms with Crippen molar-refractivity contribution in [1.82, 2.24) is 4.98 Å². The Labute approximate surface area is 203 Å². The lowest BCUT2D eigenvalue weighted by Gasteiger charge is -2.18. The molecule has 0 fully saturated rings. The molecule has 0 amide bonds. The minimum Gasteiger partial charge on any atom is -0.497 e. The van der Waals surface area contributed by atoms with Crippen LogP contribution < -0.4 is 19.5 Å². The molecule has 180 valence electrons. The van der Waals surface area contributed by atoms with Gasteiger partial charge in [0.05, 0.1) is 12.0 Å². The topological polar surface area (TPSA) is 99.9 Å². The Morgan fingerprint density at radius 3 is 2.46 bits per heavy atom. The van der Waals surface area contributed by atoms with Crippen LogP contribution in [0.2, 0.25) is 0 Å². The maximum Gasteiger partial charge on any atom is 0.234 e. The van der Waals surface area contributed by atoms with Crippen molar-refractivity contribution in [2.24, 2.45) is 0 Å². The van der Waals surface area contributed by atoms with E-state index in [0.717, 1.165) is 16.9 Å². The number of aromatic nitrogens is 1. The predicted octanol–water partition coefficient (Wildman–Crippen LogP) is 4.87. The van der Waals surface area contributed by atoms with Gasteiger partial charge in [-0.05, 0) is 48.4 Å². The number of fused-ring (bicyclic) bond motifs is 1. The van der Waals surface area contributed by atoms with Gasteiger partial charge in [-0.2, -0.15) is 4.98 Å². The summed E-state index contributed by atoms with van der Waals surface area (Å²) in [7, 11) is -2.44. The second-order valence-electron chi connectivity index (χ2n) is 7.98. The van der Waals surface area contributed by atoms with Crippen LogP contribution in [0.5, 0.6) is 17.2 Å². The van der Waals surface area contributed by atoms with E-state index in [0.29, 0.717) is 36.8 Å². The molecule has 8 nitrogen and oxygen atoms in total. The number of sulfone groups is 1. The number of nitrogens with zero attached hydrogens (tertiary/aromatic N) is 1. The zero-order chi connectivity index (χ0) is 24.4. The standard InChI is InChI=1S/C26H24N2O6S/c1-17-5-3-4-6-21(17)24-28-26(25(34-24)27-16-18-7-9-19(31-2)10-8-18)35(29,30)20-11-12-22-23(15-20)33-14-13-32-22/h3-12,15,27H,13-14,16H2,1-2H3. The van der Waals surface area contributed by atoms with E-state index in [1.165, 1.54) is 12.1 Å². The molecule has 0 bridgehead atoms. The summed E-state index contributed by atoms with van der Waals surface area (Å²) in [5.74, 6) is 1.91. The quantitative estimate of drug-likeness (QED) is 0.390. The summed E-state index contributed by atoms with van der Waals surface area (Å²) >= 11 is 0. The highest BCUT2D eigenvalue weighted by Crippen LogP contribution is 2.37. The van der Waals surface area contributed by atoms with Gasteiger partial charge >= 0.3 is 0 Å². The molecule has 1 aromatic heterocycles. The highest BCUT2D eigenvalue weighted by atomic mass is 32.2. The molecule has 2 heterocycles. The Balaban J connectivity index is 1.54. The number of nitrogens with one attached hydrogen (secondary N) is 1. The van der Waals surface area contributed by atoms with Crippen LogP contribution in [-0.4, -0.2) is 33.7 Å². The van der Waals surface area contributed by atoms with Crippen molar-refractivity contribution in [2.75, 3.05) is 25.6 Å². The summed E-state index contributed by atoms with van der Waals surface area (Å²) in [5.41, 5.74) is 2.55. The maximum absolute atomic E-state index is 13.7. The van der Waals surface area contributed by atoms with Gasteiger partial charge in [0.2, 0.25) is 26.6 Å². The van der Waals surface area contributed by atoms with Crippen LogP contribution in [0.1, 0.15) is 11.1 Å². The number of rotatable bonds is 7. The van der Waals surface area contributed by atoms with Gasteiger partial charge in [-0.25, -0.2) is 8.42 Å². The van der Waals surface area contributed by atoms with Crippen LogP contribution in [0.15, 0.2) is 81.1 Å². The van der Waals surface area contributed by atoms with Crippen molar-refractivity contribution in [3.63, 3.8) is 0 Å². The third kappa shape index (κ3) is 4.54. The average molecular weight is 493 g/mol. The number of ether oxygens (including phenoxy) is 3. The molecule has 0 saturated heterocycles. The number of hydrogen-bond donors (Lipinski definition) is 1. The normalized spacial score (nSPS) is 12.9. The maximum atomic E-state index is 13.7. The van der Waals surface area contributed by atoms with Crippen molar-refractivity contribution in [3.05, 3.63) is 77.9 Å². The van der Waals surface area contributed by atoms with E-state index in [2.05, 4.69) is 10.3 Å². The summed E-state index contributed by atoms with van der Waals surface area (Å²) in [6.45, 7) is 3.02. The fraction of sp³-hybridized carbons (Fsp3) is 0.192. The highest BCUT2D eigenvalue weighted by molar-refractivity contribution is 7.91. The number of anilines is 1. The SMILES string of the molecule is COc1ccc(CNc2oc(-c3ccccc3C)nc2S(=O)(=O)c2ccc3c(c2)OCCO3)cc1. The van der Waals surface area contributed by atoms with Crippen molar-refractivity contribution < 1.29 is 27.0 Å².